The van der Waals surface area contributed by atoms with Crippen molar-refractivity contribution >= 4 is 0 Å². The number of rotatable bonds is 4. The van der Waals surface area contributed by atoms with E-state index in [1.165, 1.54) is 0 Å². The van der Waals surface area contributed by atoms with Crippen LogP contribution in [0.15, 0.2) is 42.1 Å². The minimum Gasteiger partial charge on any atom is -0.379 e. The second-order valence-electron chi connectivity index (χ2n) is 7.56. The lowest BCUT2D eigenvalue weighted by Crippen LogP contribution is -2.62. The van der Waals surface area contributed by atoms with Crippen LogP contribution in [0.25, 0.3) is 0 Å². The molecule has 4 rings (SSSR count). The van der Waals surface area contributed by atoms with E-state index < -0.39 is 11.6 Å². The van der Waals surface area contributed by atoms with Crippen LogP contribution in [0.5, 0.6) is 0 Å². The second kappa shape index (κ2) is 7.58. The number of benzene rings is 1. The molecule has 0 spiro atoms. The molecule has 0 aromatic heterocycles. The third-order valence-corrected chi connectivity index (χ3v) is 6.20. The molecule has 3 atom stereocenters. The standard InChI is InChI=1S/C20H27N3O4/c1-20(22-9-13-27-14-10-22)18(21-7-11-26-12-8-21)15-17(19(20)23(24)25)16-5-3-2-4-6-16/h2-6,15,17,19H,7-14H2,1H3/t17-,19+,20-/m1/s1. The summed E-state index contributed by atoms with van der Waals surface area (Å²) in [5.74, 6) is -0.244. The fourth-order valence-electron chi connectivity index (χ4n) is 4.83. The minimum absolute atomic E-state index is 0.0723. The van der Waals surface area contributed by atoms with Gasteiger partial charge in [0.05, 0.1) is 32.3 Å². The van der Waals surface area contributed by atoms with Crippen molar-refractivity contribution in [3.63, 3.8) is 0 Å². The van der Waals surface area contributed by atoms with Crippen LogP contribution in [0.3, 0.4) is 0 Å². The van der Waals surface area contributed by atoms with Gasteiger partial charge in [0, 0.05) is 36.8 Å². The predicted molar refractivity (Wildman–Crippen MR) is 101 cm³/mol. The quantitative estimate of drug-likeness (QED) is 0.592. The van der Waals surface area contributed by atoms with E-state index in [1.807, 2.05) is 30.3 Å². The van der Waals surface area contributed by atoms with Crippen molar-refractivity contribution in [3.8, 4) is 0 Å². The summed E-state index contributed by atoms with van der Waals surface area (Å²) in [6, 6.07) is 9.14. The highest BCUT2D eigenvalue weighted by atomic mass is 16.6. The van der Waals surface area contributed by atoms with Crippen molar-refractivity contribution < 1.29 is 14.4 Å². The van der Waals surface area contributed by atoms with Crippen molar-refractivity contribution in [3.05, 3.63) is 57.8 Å². The smallest absolute Gasteiger partial charge is 0.246 e. The Balaban J connectivity index is 1.78. The summed E-state index contributed by atoms with van der Waals surface area (Å²) in [7, 11) is 0. The Morgan fingerprint density at radius 3 is 2.22 bits per heavy atom. The normalized spacial score (nSPS) is 32.3. The third kappa shape index (κ3) is 3.24. The van der Waals surface area contributed by atoms with Gasteiger partial charge >= 0.3 is 0 Å². The second-order valence-corrected chi connectivity index (χ2v) is 7.56. The Morgan fingerprint density at radius 1 is 1.04 bits per heavy atom. The first-order valence-electron chi connectivity index (χ1n) is 9.68. The molecule has 2 saturated heterocycles. The summed E-state index contributed by atoms with van der Waals surface area (Å²) < 4.78 is 11.0. The van der Waals surface area contributed by atoms with Gasteiger partial charge in [0.15, 0.2) is 0 Å². The summed E-state index contributed by atoms with van der Waals surface area (Å²) in [4.78, 5) is 16.8. The predicted octanol–water partition coefficient (Wildman–Crippen LogP) is 1.74. The highest BCUT2D eigenvalue weighted by Gasteiger charge is 2.59. The van der Waals surface area contributed by atoms with Crippen LogP contribution in [0.2, 0.25) is 0 Å². The Morgan fingerprint density at radius 2 is 1.63 bits per heavy atom. The van der Waals surface area contributed by atoms with Crippen LogP contribution < -0.4 is 0 Å². The zero-order valence-electron chi connectivity index (χ0n) is 15.8. The zero-order chi connectivity index (χ0) is 18.9. The van der Waals surface area contributed by atoms with E-state index in [0.29, 0.717) is 39.5 Å². The van der Waals surface area contributed by atoms with E-state index in [-0.39, 0.29) is 10.8 Å². The van der Waals surface area contributed by atoms with Crippen LogP contribution in [-0.2, 0) is 9.47 Å². The van der Waals surface area contributed by atoms with Crippen LogP contribution in [-0.4, -0.2) is 78.9 Å². The molecule has 0 bridgehead atoms. The Bertz CT molecular complexity index is 698. The summed E-state index contributed by atoms with van der Waals surface area (Å²) in [5, 5.41) is 12.3. The lowest BCUT2D eigenvalue weighted by atomic mass is 9.84. The van der Waals surface area contributed by atoms with Crippen LogP contribution in [0, 0.1) is 10.1 Å². The highest BCUT2D eigenvalue weighted by Crippen LogP contribution is 2.46. The maximum Gasteiger partial charge on any atom is 0.246 e. The van der Waals surface area contributed by atoms with Crippen molar-refractivity contribution in [2.75, 3.05) is 52.6 Å². The molecule has 0 N–H and O–H groups in total. The number of hydrogen-bond acceptors (Lipinski definition) is 6. The number of hydrogen-bond donors (Lipinski definition) is 0. The maximum atomic E-state index is 12.3. The molecule has 1 aromatic carbocycles. The van der Waals surface area contributed by atoms with Gasteiger partial charge in [-0.3, -0.25) is 15.0 Å². The van der Waals surface area contributed by atoms with Gasteiger partial charge in [-0.05, 0) is 18.6 Å². The largest absolute Gasteiger partial charge is 0.379 e. The fraction of sp³-hybridized carbons (Fsp3) is 0.600. The summed E-state index contributed by atoms with van der Waals surface area (Å²) in [6.07, 6.45) is 2.14. The Hall–Kier alpha value is -1.96. The molecule has 0 saturated carbocycles. The molecule has 2 aliphatic heterocycles. The molecule has 0 unspecified atom stereocenters. The van der Waals surface area contributed by atoms with E-state index in [2.05, 4.69) is 22.8 Å². The fourth-order valence-corrected chi connectivity index (χ4v) is 4.83. The molecule has 2 heterocycles. The van der Waals surface area contributed by atoms with E-state index in [1.54, 1.807) is 0 Å². The topological polar surface area (TPSA) is 68.1 Å². The first kappa shape index (κ1) is 18.4. The van der Waals surface area contributed by atoms with Gasteiger partial charge in [0.1, 0.15) is 5.54 Å². The molecule has 1 aliphatic carbocycles. The van der Waals surface area contributed by atoms with Gasteiger partial charge in [0.25, 0.3) is 0 Å². The van der Waals surface area contributed by atoms with Gasteiger partial charge in [-0.1, -0.05) is 30.3 Å². The third-order valence-electron chi connectivity index (χ3n) is 6.20. The van der Waals surface area contributed by atoms with E-state index in [4.69, 9.17) is 9.47 Å². The molecule has 146 valence electrons. The van der Waals surface area contributed by atoms with Crippen LogP contribution in [0.1, 0.15) is 18.4 Å². The highest BCUT2D eigenvalue weighted by molar-refractivity contribution is 5.40. The van der Waals surface area contributed by atoms with Crippen molar-refractivity contribution in [2.45, 2.75) is 24.4 Å². The van der Waals surface area contributed by atoms with Gasteiger partial charge in [0.2, 0.25) is 6.04 Å². The number of nitrogens with zero attached hydrogens (tertiary/aromatic N) is 3. The molecule has 0 amide bonds. The summed E-state index contributed by atoms with van der Waals surface area (Å²) in [5.41, 5.74) is 1.41. The van der Waals surface area contributed by atoms with E-state index in [0.717, 1.165) is 24.4 Å². The Kier molecular flexibility index (Phi) is 5.16. The average molecular weight is 373 g/mol. The molecular weight excluding hydrogens is 346 g/mol. The molecule has 1 aromatic rings. The van der Waals surface area contributed by atoms with Crippen molar-refractivity contribution in [1.82, 2.24) is 9.80 Å². The van der Waals surface area contributed by atoms with Gasteiger partial charge in [-0.25, -0.2) is 0 Å². The van der Waals surface area contributed by atoms with Crippen LogP contribution >= 0.6 is 0 Å². The van der Waals surface area contributed by atoms with E-state index >= 15 is 0 Å². The average Bonchev–Trinajstić information content (AvgIpc) is 3.04. The first-order valence-corrected chi connectivity index (χ1v) is 9.68. The monoisotopic (exact) mass is 373 g/mol. The van der Waals surface area contributed by atoms with Crippen LogP contribution in [0.4, 0.5) is 0 Å². The molecule has 3 aliphatic rings. The molecule has 7 heteroatoms. The summed E-state index contributed by atoms with van der Waals surface area (Å²) in [6.45, 7) is 7.59. The lowest BCUT2D eigenvalue weighted by Gasteiger charge is -2.46. The van der Waals surface area contributed by atoms with Gasteiger partial charge < -0.3 is 14.4 Å². The molecule has 0 radical (unpaired) electrons. The van der Waals surface area contributed by atoms with Gasteiger partial charge in [-0.15, -0.1) is 0 Å². The van der Waals surface area contributed by atoms with Crippen molar-refractivity contribution in [2.24, 2.45) is 0 Å². The first-order chi connectivity index (χ1) is 13.1. The number of nitro groups is 1. The molecule has 2 fully saturated rings. The molecule has 27 heavy (non-hydrogen) atoms. The zero-order valence-corrected chi connectivity index (χ0v) is 15.8. The van der Waals surface area contributed by atoms with Gasteiger partial charge in [-0.2, -0.15) is 0 Å². The Labute approximate surface area is 159 Å². The number of morpholine rings is 2. The molecule has 7 nitrogen and oxygen atoms in total. The number of ether oxygens (including phenoxy) is 2. The SMILES string of the molecule is C[C@@]1(N2CCOCC2)C(N2CCOCC2)=C[C@H](c2ccccc2)[C@@H]1[N+](=O)[O-]. The summed E-state index contributed by atoms with van der Waals surface area (Å²) >= 11 is 0. The lowest BCUT2D eigenvalue weighted by molar-refractivity contribution is -0.538. The minimum atomic E-state index is -0.726. The molecular formula is C20H27N3O4. The van der Waals surface area contributed by atoms with E-state index in [9.17, 15) is 10.1 Å². The van der Waals surface area contributed by atoms with Crippen molar-refractivity contribution in [1.29, 1.82) is 0 Å². The maximum absolute atomic E-state index is 12.3.